The highest BCUT2D eigenvalue weighted by Crippen LogP contribution is 2.24. The summed E-state index contributed by atoms with van der Waals surface area (Å²) in [5, 5.41) is 0.923. The van der Waals surface area contributed by atoms with Crippen LogP contribution in [0.4, 0.5) is 0 Å². The van der Waals surface area contributed by atoms with E-state index in [4.69, 9.17) is 5.73 Å². The molecular weight excluding hydrogens is 333 g/mol. The van der Waals surface area contributed by atoms with Gasteiger partial charge in [-0.05, 0) is 24.5 Å². The molecule has 3 rings (SSSR count). The molecule has 1 aliphatic rings. The number of hydrogen-bond donors (Lipinski definition) is 1. The Hall–Kier alpha value is -1.36. The smallest absolute Gasteiger partial charge is 0.254 e. The third-order valence-corrected chi connectivity index (χ3v) is 4.07. The van der Waals surface area contributed by atoms with E-state index in [1.807, 2.05) is 35.2 Å². The van der Waals surface area contributed by atoms with E-state index in [0.29, 0.717) is 12.5 Å². The Morgan fingerprint density at radius 2 is 2.00 bits per heavy atom. The zero-order chi connectivity index (χ0) is 15.0. The molecule has 1 amide bonds. The molecule has 0 saturated carbocycles. The minimum Gasteiger partial charge on any atom is -0.337 e. The first kappa shape index (κ1) is 19.7. The standard InChI is InChI=1S/C17H21N3O.2ClH/c1-11(2)16-9-14(13-5-3-4-6-15(13)19-16)17(21)20-8-7-12(18)10-20;;/h3-6,9,11-12H,7-8,10,18H2,1-2H3;2*1H. The van der Waals surface area contributed by atoms with Gasteiger partial charge in [0.2, 0.25) is 0 Å². The van der Waals surface area contributed by atoms with Gasteiger partial charge in [0.05, 0.1) is 11.1 Å². The summed E-state index contributed by atoms with van der Waals surface area (Å²) in [6.45, 7) is 5.58. The summed E-state index contributed by atoms with van der Waals surface area (Å²) in [6.07, 6.45) is 0.881. The molecule has 23 heavy (non-hydrogen) atoms. The maximum atomic E-state index is 12.8. The van der Waals surface area contributed by atoms with Gasteiger partial charge in [0, 0.05) is 30.2 Å². The van der Waals surface area contributed by atoms with E-state index in [1.165, 1.54) is 0 Å². The maximum absolute atomic E-state index is 12.8. The lowest BCUT2D eigenvalue weighted by Gasteiger charge is -2.18. The maximum Gasteiger partial charge on any atom is 0.254 e. The molecule has 2 heterocycles. The number of hydrogen-bond acceptors (Lipinski definition) is 3. The van der Waals surface area contributed by atoms with Gasteiger partial charge in [-0.3, -0.25) is 9.78 Å². The van der Waals surface area contributed by atoms with Crippen LogP contribution in [0.25, 0.3) is 10.9 Å². The van der Waals surface area contributed by atoms with Crippen molar-refractivity contribution in [3.8, 4) is 0 Å². The second-order valence-electron chi connectivity index (χ2n) is 6.07. The Morgan fingerprint density at radius 1 is 1.30 bits per heavy atom. The summed E-state index contributed by atoms with van der Waals surface area (Å²) in [5.41, 5.74) is 8.52. The molecule has 1 unspecified atom stereocenters. The van der Waals surface area contributed by atoms with Crippen LogP contribution in [-0.4, -0.2) is 34.9 Å². The van der Waals surface area contributed by atoms with Crippen molar-refractivity contribution in [1.29, 1.82) is 0 Å². The summed E-state index contributed by atoms with van der Waals surface area (Å²) < 4.78 is 0. The first-order valence-corrected chi connectivity index (χ1v) is 7.51. The van der Waals surface area contributed by atoms with Gasteiger partial charge in [-0.15, -0.1) is 24.8 Å². The van der Waals surface area contributed by atoms with Crippen LogP contribution in [0.3, 0.4) is 0 Å². The van der Waals surface area contributed by atoms with Crippen LogP contribution >= 0.6 is 24.8 Å². The van der Waals surface area contributed by atoms with Crippen molar-refractivity contribution in [2.75, 3.05) is 13.1 Å². The topological polar surface area (TPSA) is 59.2 Å². The molecule has 1 aromatic heterocycles. The number of aromatic nitrogens is 1. The Kier molecular flexibility index (Phi) is 6.81. The van der Waals surface area contributed by atoms with Gasteiger partial charge in [-0.25, -0.2) is 0 Å². The number of carbonyl (C=O) groups excluding carboxylic acids is 1. The third kappa shape index (κ3) is 3.94. The molecule has 1 fully saturated rings. The van der Waals surface area contributed by atoms with Crippen molar-refractivity contribution in [3.63, 3.8) is 0 Å². The van der Waals surface area contributed by atoms with Gasteiger partial charge < -0.3 is 10.6 Å². The van der Waals surface area contributed by atoms with E-state index < -0.39 is 0 Å². The van der Waals surface area contributed by atoms with Crippen molar-refractivity contribution >= 4 is 41.6 Å². The van der Waals surface area contributed by atoms with E-state index >= 15 is 0 Å². The number of benzene rings is 1. The first-order chi connectivity index (χ1) is 10.1. The number of carbonyl (C=O) groups is 1. The van der Waals surface area contributed by atoms with E-state index in [9.17, 15) is 4.79 Å². The lowest BCUT2D eigenvalue weighted by molar-refractivity contribution is 0.0792. The SMILES string of the molecule is CC(C)c1cc(C(=O)N2CCC(N)C2)c2ccccc2n1.Cl.Cl. The zero-order valence-corrected chi connectivity index (χ0v) is 15.0. The molecule has 126 valence electrons. The second kappa shape index (κ2) is 7.95. The van der Waals surface area contributed by atoms with E-state index in [-0.39, 0.29) is 36.8 Å². The van der Waals surface area contributed by atoms with Crippen molar-refractivity contribution in [1.82, 2.24) is 9.88 Å². The number of pyridine rings is 1. The van der Waals surface area contributed by atoms with Crippen LogP contribution in [0.15, 0.2) is 30.3 Å². The van der Waals surface area contributed by atoms with Crippen LogP contribution in [-0.2, 0) is 0 Å². The molecule has 1 atom stereocenters. The molecule has 1 saturated heterocycles. The number of likely N-dealkylation sites (tertiary alicyclic amines) is 1. The van der Waals surface area contributed by atoms with Gasteiger partial charge in [-0.1, -0.05) is 32.0 Å². The van der Waals surface area contributed by atoms with Gasteiger partial charge in [-0.2, -0.15) is 0 Å². The molecule has 1 aliphatic heterocycles. The number of para-hydroxylation sites is 1. The fourth-order valence-corrected chi connectivity index (χ4v) is 2.81. The van der Waals surface area contributed by atoms with Crippen molar-refractivity contribution < 1.29 is 4.79 Å². The molecule has 0 aliphatic carbocycles. The molecule has 0 bridgehead atoms. The predicted molar refractivity (Wildman–Crippen MR) is 98.8 cm³/mol. The van der Waals surface area contributed by atoms with Gasteiger partial charge >= 0.3 is 0 Å². The summed E-state index contributed by atoms with van der Waals surface area (Å²) in [6, 6.07) is 9.89. The number of rotatable bonds is 2. The minimum absolute atomic E-state index is 0. The highest BCUT2D eigenvalue weighted by Gasteiger charge is 2.26. The Balaban J connectivity index is 0.00000132. The molecule has 0 spiro atoms. The summed E-state index contributed by atoms with van der Waals surface area (Å²) >= 11 is 0. The predicted octanol–water partition coefficient (Wildman–Crippen LogP) is 3.38. The largest absolute Gasteiger partial charge is 0.337 e. The molecule has 0 radical (unpaired) electrons. The van der Waals surface area contributed by atoms with Crippen LogP contribution in [0.2, 0.25) is 0 Å². The van der Waals surface area contributed by atoms with Crippen molar-refractivity contribution in [3.05, 3.63) is 41.6 Å². The van der Waals surface area contributed by atoms with Crippen LogP contribution in [0.5, 0.6) is 0 Å². The molecular formula is C17H23Cl2N3O. The van der Waals surface area contributed by atoms with Crippen LogP contribution < -0.4 is 5.73 Å². The number of amides is 1. The summed E-state index contributed by atoms with van der Waals surface area (Å²) in [5.74, 6) is 0.366. The molecule has 2 aromatic rings. The number of nitrogens with two attached hydrogens (primary N) is 1. The average molecular weight is 356 g/mol. The quantitative estimate of drug-likeness (QED) is 0.898. The Bertz CT molecular complexity index is 691. The normalized spacial score (nSPS) is 17.0. The first-order valence-electron chi connectivity index (χ1n) is 7.51. The van der Waals surface area contributed by atoms with Gasteiger partial charge in [0.25, 0.3) is 5.91 Å². The van der Waals surface area contributed by atoms with Crippen LogP contribution in [0, 0.1) is 0 Å². The zero-order valence-electron chi connectivity index (χ0n) is 13.4. The minimum atomic E-state index is 0. The fourth-order valence-electron chi connectivity index (χ4n) is 2.81. The number of fused-ring (bicyclic) bond motifs is 1. The Labute approximate surface area is 149 Å². The van der Waals surface area contributed by atoms with Crippen LogP contribution in [0.1, 0.15) is 42.2 Å². The molecule has 6 heteroatoms. The van der Waals surface area contributed by atoms with E-state index in [2.05, 4.69) is 18.8 Å². The monoisotopic (exact) mass is 355 g/mol. The molecule has 2 N–H and O–H groups in total. The van der Waals surface area contributed by atoms with E-state index in [1.54, 1.807) is 0 Å². The lowest BCUT2D eigenvalue weighted by Crippen LogP contribution is -2.32. The van der Waals surface area contributed by atoms with Crippen molar-refractivity contribution in [2.24, 2.45) is 5.73 Å². The second-order valence-corrected chi connectivity index (χ2v) is 6.07. The average Bonchev–Trinajstić information content (AvgIpc) is 2.92. The highest BCUT2D eigenvalue weighted by atomic mass is 35.5. The summed E-state index contributed by atoms with van der Waals surface area (Å²) in [7, 11) is 0. The summed E-state index contributed by atoms with van der Waals surface area (Å²) in [4.78, 5) is 19.3. The number of halogens is 2. The molecule has 1 aromatic carbocycles. The molecule has 4 nitrogen and oxygen atoms in total. The third-order valence-electron chi connectivity index (χ3n) is 4.07. The highest BCUT2D eigenvalue weighted by molar-refractivity contribution is 6.06. The lowest BCUT2D eigenvalue weighted by atomic mass is 10.0. The van der Waals surface area contributed by atoms with E-state index in [0.717, 1.165) is 35.1 Å². The fraction of sp³-hybridized carbons (Fsp3) is 0.412. The van der Waals surface area contributed by atoms with Crippen molar-refractivity contribution in [2.45, 2.75) is 32.2 Å². The van der Waals surface area contributed by atoms with Gasteiger partial charge in [0.15, 0.2) is 0 Å². The van der Waals surface area contributed by atoms with Gasteiger partial charge in [0.1, 0.15) is 0 Å². The number of nitrogens with zero attached hydrogens (tertiary/aromatic N) is 2. The Morgan fingerprint density at radius 3 is 2.61 bits per heavy atom.